The lowest BCUT2D eigenvalue weighted by molar-refractivity contribution is -0.0586. The average Bonchev–Trinajstić information content (AvgIpc) is 3.26. The monoisotopic (exact) mass is 492 g/mol. The summed E-state index contributed by atoms with van der Waals surface area (Å²) in [6, 6.07) is 11.3. The van der Waals surface area contributed by atoms with Crippen LogP contribution in [0.5, 0.6) is 0 Å². The van der Waals surface area contributed by atoms with Gasteiger partial charge in [0.15, 0.2) is 0 Å². The molecule has 2 atom stereocenters. The third-order valence-electron chi connectivity index (χ3n) is 6.20. The highest BCUT2D eigenvalue weighted by Gasteiger charge is 2.28. The second kappa shape index (κ2) is 9.85. The van der Waals surface area contributed by atoms with E-state index >= 15 is 0 Å². The summed E-state index contributed by atoms with van der Waals surface area (Å²) in [7, 11) is 0. The van der Waals surface area contributed by atoms with Gasteiger partial charge in [0.2, 0.25) is 0 Å². The summed E-state index contributed by atoms with van der Waals surface area (Å²) in [5.74, 6) is -0.800. The van der Waals surface area contributed by atoms with Crippen molar-refractivity contribution in [1.29, 1.82) is 0 Å². The Kier molecular flexibility index (Phi) is 7.00. The number of carbonyl (C=O) groups is 2. The van der Waals surface area contributed by atoms with Crippen molar-refractivity contribution in [3.05, 3.63) is 71.2 Å². The van der Waals surface area contributed by atoms with E-state index in [4.69, 9.17) is 4.74 Å². The Hall–Kier alpha value is -3.52. The van der Waals surface area contributed by atoms with Crippen LogP contribution in [0.25, 0.3) is 11.3 Å². The van der Waals surface area contributed by atoms with E-state index in [1.807, 2.05) is 47.6 Å². The quantitative estimate of drug-likeness (QED) is 0.539. The molecule has 0 radical (unpaired) electrons. The van der Waals surface area contributed by atoms with Crippen LogP contribution in [0.1, 0.15) is 60.9 Å². The van der Waals surface area contributed by atoms with Crippen LogP contribution in [-0.4, -0.2) is 51.8 Å². The molecule has 4 rings (SSSR count). The van der Waals surface area contributed by atoms with Crippen molar-refractivity contribution in [3.8, 4) is 11.3 Å². The van der Waals surface area contributed by atoms with E-state index in [-0.39, 0.29) is 29.8 Å². The molecule has 190 valence electrons. The molecule has 0 saturated carbocycles. The number of amides is 2. The maximum absolute atomic E-state index is 13.6. The van der Waals surface area contributed by atoms with Gasteiger partial charge in [0.1, 0.15) is 5.82 Å². The summed E-state index contributed by atoms with van der Waals surface area (Å²) < 4.78 is 21.1. The van der Waals surface area contributed by atoms with Gasteiger partial charge in [-0.15, -0.1) is 0 Å². The number of ether oxygens (including phenoxy) is 1. The second-order valence-corrected chi connectivity index (χ2v) is 10.4. The first kappa shape index (κ1) is 25.6. The Balaban J connectivity index is 1.64. The van der Waals surface area contributed by atoms with Crippen molar-refractivity contribution in [3.63, 3.8) is 0 Å². The molecular formula is C28H33FN4O3. The van der Waals surface area contributed by atoms with Crippen LogP contribution < -0.4 is 5.32 Å². The number of halogens is 1. The number of anilines is 1. The van der Waals surface area contributed by atoms with E-state index in [0.29, 0.717) is 41.2 Å². The highest BCUT2D eigenvalue weighted by atomic mass is 19.1. The maximum atomic E-state index is 13.6. The molecule has 1 N–H and O–H groups in total. The molecule has 1 aromatic heterocycles. The molecule has 7 nitrogen and oxygen atoms in total. The molecule has 1 fully saturated rings. The van der Waals surface area contributed by atoms with Crippen molar-refractivity contribution < 1.29 is 18.7 Å². The Morgan fingerprint density at radius 2 is 1.67 bits per heavy atom. The topological polar surface area (TPSA) is 76.5 Å². The molecule has 3 aromatic rings. The minimum atomic E-state index is -0.405. The molecular weight excluding hydrogens is 459 g/mol. The number of rotatable bonds is 4. The Morgan fingerprint density at radius 3 is 2.28 bits per heavy atom. The number of carbonyl (C=O) groups excluding carboxylic acids is 2. The van der Waals surface area contributed by atoms with Gasteiger partial charge in [0.25, 0.3) is 11.8 Å². The van der Waals surface area contributed by atoms with Crippen LogP contribution in [0, 0.1) is 12.7 Å². The first-order valence-corrected chi connectivity index (χ1v) is 12.1. The average molecular weight is 493 g/mol. The van der Waals surface area contributed by atoms with Crippen LogP contribution in [0.4, 0.5) is 10.1 Å². The van der Waals surface area contributed by atoms with Crippen molar-refractivity contribution in [2.75, 3.05) is 18.4 Å². The minimum Gasteiger partial charge on any atom is -0.372 e. The van der Waals surface area contributed by atoms with Gasteiger partial charge in [0, 0.05) is 29.9 Å². The van der Waals surface area contributed by atoms with E-state index < -0.39 is 5.54 Å². The number of nitrogens with one attached hydrogen (secondary N) is 1. The number of benzene rings is 2. The first-order valence-electron chi connectivity index (χ1n) is 12.1. The van der Waals surface area contributed by atoms with Gasteiger partial charge in [-0.1, -0.05) is 6.07 Å². The van der Waals surface area contributed by atoms with Gasteiger partial charge in [-0.25, -0.2) is 4.39 Å². The lowest BCUT2D eigenvalue weighted by atomic mass is 10.0. The van der Waals surface area contributed by atoms with Crippen molar-refractivity contribution in [2.24, 2.45) is 0 Å². The largest absolute Gasteiger partial charge is 0.372 e. The summed E-state index contributed by atoms with van der Waals surface area (Å²) in [5.41, 5.74) is 3.12. The fraction of sp³-hybridized carbons (Fsp3) is 0.393. The molecule has 2 unspecified atom stereocenters. The zero-order valence-electron chi connectivity index (χ0n) is 21.6. The standard InChI is InChI=1S/C28H33FN4O3/c1-17-7-12-22(13-23(17)27(35)32-15-18(2)36-19(3)16-32)31-26(34)24-14-30-33(28(4,5)6)25(24)20-8-10-21(29)11-9-20/h7-14,18-19H,15-16H2,1-6H3,(H,31,34). The summed E-state index contributed by atoms with van der Waals surface area (Å²) in [5, 5.41) is 7.40. The number of aromatic nitrogens is 2. The lowest BCUT2D eigenvalue weighted by Gasteiger charge is -2.35. The zero-order chi connectivity index (χ0) is 26.2. The van der Waals surface area contributed by atoms with Gasteiger partial charge in [-0.2, -0.15) is 5.10 Å². The van der Waals surface area contributed by atoms with Crippen LogP contribution in [0.15, 0.2) is 48.7 Å². The molecule has 2 heterocycles. The number of nitrogens with zero attached hydrogens (tertiary/aromatic N) is 3. The van der Waals surface area contributed by atoms with Crippen molar-refractivity contribution in [1.82, 2.24) is 14.7 Å². The van der Waals surface area contributed by atoms with Crippen molar-refractivity contribution in [2.45, 2.75) is 59.3 Å². The highest BCUT2D eigenvalue weighted by Crippen LogP contribution is 2.30. The SMILES string of the molecule is Cc1ccc(NC(=O)c2cnn(C(C)(C)C)c2-c2ccc(F)cc2)cc1C(=O)N1CC(C)OC(C)C1. The van der Waals surface area contributed by atoms with Crippen LogP contribution >= 0.6 is 0 Å². The predicted molar refractivity (Wildman–Crippen MR) is 138 cm³/mol. The highest BCUT2D eigenvalue weighted by molar-refractivity contribution is 6.08. The second-order valence-electron chi connectivity index (χ2n) is 10.4. The van der Waals surface area contributed by atoms with Crippen LogP contribution in [-0.2, 0) is 10.3 Å². The van der Waals surface area contributed by atoms with Crippen molar-refractivity contribution >= 4 is 17.5 Å². The molecule has 0 bridgehead atoms. The van der Waals surface area contributed by atoms with Crippen LogP contribution in [0.2, 0.25) is 0 Å². The lowest BCUT2D eigenvalue weighted by Crippen LogP contribution is -2.48. The van der Waals surface area contributed by atoms with E-state index in [9.17, 15) is 14.0 Å². The van der Waals surface area contributed by atoms with Gasteiger partial charge in [-0.3, -0.25) is 14.3 Å². The molecule has 1 saturated heterocycles. The minimum absolute atomic E-state index is 0.0369. The number of aryl methyl sites for hydroxylation is 1. The number of hydrogen-bond acceptors (Lipinski definition) is 4. The Morgan fingerprint density at radius 1 is 1.03 bits per heavy atom. The zero-order valence-corrected chi connectivity index (χ0v) is 21.6. The fourth-order valence-corrected chi connectivity index (χ4v) is 4.55. The Bertz CT molecular complexity index is 1270. The summed E-state index contributed by atoms with van der Waals surface area (Å²) in [4.78, 5) is 28.5. The maximum Gasteiger partial charge on any atom is 0.259 e. The van der Waals surface area contributed by atoms with Crippen LogP contribution in [0.3, 0.4) is 0 Å². The molecule has 8 heteroatoms. The third-order valence-corrected chi connectivity index (χ3v) is 6.20. The van der Waals surface area contributed by atoms with E-state index in [2.05, 4.69) is 10.4 Å². The molecule has 0 spiro atoms. The van der Waals surface area contributed by atoms with Gasteiger partial charge < -0.3 is 15.0 Å². The molecule has 2 aromatic carbocycles. The normalized spacial score (nSPS) is 18.2. The van der Waals surface area contributed by atoms with E-state index in [1.54, 1.807) is 33.8 Å². The molecule has 1 aliphatic heterocycles. The summed E-state index contributed by atoms with van der Waals surface area (Å²) in [6.07, 6.45) is 1.45. The van der Waals surface area contributed by atoms with Gasteiger partial charge >= 0.3 is 0 Å². The van der Waals surface area contributed by atoms with E-state index in [1.165, 1.54) is 18.3 Å². The number of morpholine rings is 1. The fourth-order valence-electron chi connectivity index (χ4n) is 4.55. The smallest absolute Gasteiger partial charge is 0.259 e. The third kappa shape index (κ3) is 5.33. The Labute approximate surface area is 211 Å². The van der Waals surface area contributed by atoms with E-state index in [0.717, 1.165) is 5.56 Å². The van der Waals surface area contributed by atoms with Gasteiger partial charge in [0.05, 0.1) is 35.2 Å². The molecule has 2 amide bonds. The summed E-state index contributed by atoms with van der Waals surface area (Å²) >= 11 is 0. The molecule has 0 aliphatic carbocycles. The summed E-state index contributed by atoms with van der Waals surface area (Å²) in [6.45, 7) is 12.8. The molecule has 36 heavy (non-hydrogen) atoms. The molecule has 1 aliphatic rings. The number of hydrogen-bond donors (Lipinski definition) is 1. The predicted octanol–water partition coefficient (Wildman–Crippen LogP) is 5.25. The van der Waals surface area contributed by atoms with Gasteiger partial charge in [-0.05, 0) is 83.5 Å². The first-order chi connectivity index (χ1) is 16.9.